The van der Waals surface area contributed by atoms with Crippen LogP contribution in [0.25, 0.3) is 0 Å². The van der Waals surface area contributed by atoms with Gasteiger partial charge in [-0.05, 0) is 31.4 Å². The summed E-state index contributed by atoms with van der Waals surface area (Å²) < 4.78 is 0. The molecule has 0 fully saturated rings. The summed E-state index contributed by atoms with van der Waals surface area (Å²) >= 11 is 0. The minimum Gasteiger partial charge on any atom is -0.0988 e. The first-order valence-electron chi connectivity index (χ1n) is 4.27. The zero-order valence-corrected chi connectivity index (χ0v) is 8.35. The van der Waals surface area contributed by atoms with Crippen molar-refractivity contribution in [3.8, 4) is 0 Å². The van der Waals surface area contributed by atoms with Gasteiger partial charge in [0.2, 0.25) is 0 Å². The third kappa shape index (κ3) is 3.97. The Bertz CT molecular complexity index is 220. The van der Waals surface area contributed by atoms with Crippen LogP contribution >= 0.6 is 0 Å². The number of hydrogen-bond donors (Lipinski definition) is 0. The summed E-state index contributed by atoms with van der Waals surface area (Å²) in [4.78, 5) is 0. The van der Waals surface area contributed by atoms with Crippen LogP contribution in [0.15, 0.2) is 48.1 Å². The van der Waals surface area contributed by atoms with Crippen molar-refractivity contribution in [3.63, 3.8) is 0 Å². The Morgan fingerprint density at radius 2 is 1.83 bits per heavy atom. The van der Waals surface area contributed by atoms with E-state index in [1.165, 1.54) is 11.1 Å². The fourth-order valence-corrected chi connectivity index (χ4v) is 0.705. The molecule has 0 heteroatoms. The molecule has 0 saturated heterocycles. The van der Waals surface area contributed by atoms with Gasteiger partial charge < -0.3 is 0 Å². The largest absolute Gasteiger partial charge is 0.0988 e. The van der Waals surface area contributed by atoms with Crippen molar-refractivity contribution in [2.45, 2.75) is 27.2 Å². The van der Waals surface area contributed by atoms with Crippen molar-refractivity contribution < 1.29 is 0 Å². The maximum Gasteiger partial charge on any atom is -0.0308 e. The van der Waals surface area contributed by atoms with Gasteiger partial charge in [-0.2, -0.15) is 0 Å². The van der Waals surface area contributed by atoms with Gasteiger partial charge in [-0.1, -0.05) is 43.9 Å². The van der Waals surface area contributed by atoms with E-state index in [0.717, 1.165) is 12.0 Å². The van der Waals surface area contributed by atoms with Gasteiger partial charge >= 0.3 is 0 Å². The molecule has 0 saturated carbocycles. The average molecular weight is 162 g/mol. The fraction of sp³-hybridized carbons (Fsp3) is 0.333. The molecule has 0 aromatic rings. The van der Waals surface area contributed by atoms with Gasteiger partial charge in [0, 0.05) is 0 Å². The maximum atomic E-state index is 3.86. The molecule has 0 atom stereocenters. The highest BCUT2D eigenvalue weighted by Gasteiger charge is 1.87. The van der Waals surface area contributed by atoms with Crippen LogP contribution in [0.3, 0.4) is 0 Å². The van der Waals surface area contributed by atoms with Crippen LogP contribution in [0.4, 0.5) is 0 Å². The normalized spacial score (nSPS) is 12.9. The molecule has 0 nitrogen and oxygen atoms in total. The van der Waals surface area contributed by atoms with Gasteiger partial charge in [0.15, 0.2) is 0 Å². The molecule has 0 N–H and O–H groups in total. The number of rotatable bonds is 4. The maximum absolute atomic E-state index is 3.86. The Hall–Kier alpha value is -1.04. The molecule has 0 aromatic heterocycles. The van der Waals surface area contributed by atoms with Crippen LogP contribution in [-0.4, -0.2) is 0 Å². The summed E-state index contributed by atoms with van der Waals surface area (Å²) in [5.74, 6) is 0. The predicted octanol–water partition coefficient (Wildman–Crippen LogP) is 4.03. The molecule has 0 bridgehead atoms. The summed E-state index contributed by atoms with van der Waals surface area (Å²) in [5.41, 5.74) is 3.60. The number of allylic oxidation sites excluding steroid dienone is 6. The van der Waals surface area contributed by atoms with Crippen LogP contribution in [0.1, 0.15) is 27.2 Å². The smallest absolute Gasteiger partial charge is 0.0308 e. The minimum atomic E-state index is 1.03. The van der Waals surface area contributed by atoms with E-state index in [0.29, 0.717) is 0 Å². The first-order chi connectivity index (χ1) is 5.61. The van der Waals surface area contributed by atoms with E-state index < -0.39 is 0 Å². The van der Waals surface area contributed by atoms with Crippen LogP contribution in [-0.2, 0) is 0 Å². The molecule has 0 spiro atoms. The van der Waals surface area contributed by atoms with Crippen LogP contribution in [0.2, 0.25) is 0 Å². The quantitative estimate of drug-likeness (QED) is 0.547. The average Bonchev–Trinajstić information content (AvgIpc) is 2.05. The van der Waals surface area contributed by atoms with Gasteiger partial charge in [-0.15, -0.1) is 0 Å². The second-order valence-electron chi connectivity index (χ2n) is 2.93. The molecular weight excluding hydrogens is 144 g/mol. The summed E-state index contributed by atoms with van der Waals surface area (Å²) in [6.45, 7) is 13.8. The zero-order chi connectivity index (χ0) is 9.56. The summed E-state index contributed by atoms with van der Waals surface area (Å²) in [5, 5.41) is 0. The topological polar surface area (TPSA) is 0 Å². The highest BCUT2D eigenvalue weighted by atomic mass is 13.9. The van der Waals surface area contributed by atoms with E-state index in [1.807, 2.05) is 13.0 Å². The Balaban J connectivity index is 4.44. The highest BCUT2D eigenvalue weighted by Crippen LogP contribution is 2.08. The molecule has 0 aliphatic carbocycles. The van der Waals surface area contributed by atoms with E-state index in [-0.39, 0.29) is 0 Å². The Labute approximate surface area is 76.0 Å². The molecule has 12 heavy (non-hydrogen) atoms. The third-order valence-electron chi connectivity index (χ3n) is 1.89. The fourth-order valence-electron chi connectivity index (χ4n) is 0.705. The molecule has 0 radical (unpaired) electrons. The van der Waals surface area contributed by atoms with Crippen molar-refractivity contribution in [2.75, 3.05) is 0 Å². The Morgan fingerprint density at radius 3 is 2.17 bits per heavy atom. The first-order valence-corrected chi connectivity index (χ1v) is 4.27. The van der Waals surface area contributed by atoms with Crippen molar-refractivity contribution in [3.05, 3.63) is 48.1 Å². The molecule has 0 aliphatic heterocycles. The Morgan fingerprint density at radius 1 is 1.25 bits per heavy atom. The lowest BCUT2D eigenvalue weighted by Gasteiger charge is -1.97. The van der Waals surface area contributed by atoms with E-state index in [4.69, 9.17) is 0 Å². The molecular formula is C12H18. The van der Waals surface area contributed by atoms with Crippen molar-refractivity contribution in [1.82, 2.24) is 0 Å². The van der Waals surface area contributed by atoms with Gasteiger partial charge in [-0.25, -0.2) is 0 Å². The van der Waals surface area contributed by atoms with E-state index in [9.17, 15) is 0 Å². The minimum absolute atomic E-state index is 1.03. The molecule has 0 aliphatic rings. The molecule has 0 unspecified atom stereocenters. The number of hydrogen-bond acceptors (Lipinski definition) is 0. The standard InChI is InChI=1S/C12H18/c1-6-12(7-2)9-8-11(5)10(3)4/h6,8-9H,1,3,7H2,2,4-5H3. The first kappa shape index (κ1) is 11.0. The lowest BCUT2D eigenvalue weighted by atomic mass is 10.1. The van der Waals surface area contributed by atoms with Gasteiger partial charge in [0.25, 0.3) is 0 Å². The van der Waals surface area contributed by atoms with E-state index >= 15 is 0 Å². The van der Waals surface area contributed by atoms with E-state index in [2.05, 4.69) is 39.2 Å². The SMILES string of the molecule is C=CC(=CC=C(C)C(=C)C)CC. The van der Waals surface area contributed by atoms with Crippen molar-refractivity contribution >= 4 is 0 Å². The molecule has 0 heterocycles. The van der Waals surface area contributed by atoms with E-state index in [1.54, 1.807) is 0 Å². The summed E-state index contributed by atoms with van der Waals surface area (Å²) in [6, 6.07) is 0. The summed E-state index contributed by atoms with van der Waals surface area (Å²) in [6.07, 6.45) is 7.10. The molecule has 0 amide bonds. The zero-order valence-electron chi connectivity index (χ0n) is 8.35. The van der Waals surface area contributed by atoms with Crippen molar-refractivity contribution in [1.29, 1.82) is 0 Å². The van der Waals surface area contributed by atoms with Gasteiger partial charge in [-0.3, -0.25) is 0 Å². The van der Waals surface area contributed by atoms with Crippen LogP contribution in [0.5, 0.6) is 0 Å². The van der Waals surface area contributed by atoms with Crippen molar-refractivity contribution in [2.24, 2.45) is 0 Å². The molecule has 66 valence electrons. The lowest BCUT2D eigenvalue weighted by Crippen LogP contribution is -1.76. The third-order valence-corrected chi connectivity index (χ3v) is 1.89. The second kappa shape index (κ2) is 5.59. The monoisotopic (exact) mass is 162 g/mol. The Kier molecular flexibility index (Phi) is 5.11. The van der Waals surface area contributed by atoms with Crippen LogP contribution < -0.4 is 0 Å². The van der Waals surface area contributed by atoms with Gasteiger partial charge in [0.05, 0.1) is 0 Å². The second-order valence-corrected chi connectivity index (χ2v) is 2.93. The van der Waals surface area contributed by atoms with Crippen LogP contribution in [0, 0.1) is 0 Å². The highest BCUT2D eigenvalue weighted by molar-refractivity contribution is 5.31. The predicted molar refractivity (Wildman–Crippen MR) is 57.1 cm³/mol. The molecule has 0 rings (SSSR count). The molecule has 0 aromatic carbocycles. The lowest BCUT2D eigenvalue weighted by molar-refractivity contribution is 1.15. The van der Waals surface area contributed by atoms with Gasteiger partial charge in [0.1, 0.15) is 0 Å². The summed E-state index contributed by atoms with van der Waals surface area (Å²) in [7, 11) is 0.